The molecule has 0 rings (SSSR count). The summed E-state index contributed by atoms with van der Waals surface area (Å²) in [4.78, 5) is 57.6. The Morgan fingerprint density at radius 1 is 0.614 bits per heavy atom. The van der Waals surface area contributed by atoms with Crippen molar-refractivity contribution in [3.8, 4) is 0 Å². The number of phosphoric acid groups is 1. The third-order valence-electron chi connectivity index (χ3n) is 8.10. The molecule has 0 aromatic heterocycles. The summed E-state index contributed by atoms with van der Waals surface area (Å²) in [5, 5.41) is 8.87. The molecular formula is C44H70NO11P. The number of allylic oxidation sites excluding steroid dienone is 14. The highest BCUT2D eigenvalue weighted by Crippen LogP contribution is 2.43. The van der Waals surface area contributed by atoms with E-state index in [2.05, 4.69) is 67.0 Å². The zero-order chi connectivity index (χ0) is 42.2. The molecule has 322 valence electrons. The lowest BCUT2D eigenvalue weighted by Gasteiger charge is -2.20. The van der Waals surface area contributed by atoms with Gasteiger partial charge in [0.1, 0.15) is 12.6 Å². The SMILES string of the molecule is CC/C=C\C/C=C\C/C=C\C/C=C\C/C=C\CCCC(=O)OC[C@H](COP(=O)(O)OC[C@H](N)C(=O)O)OC(=O)CCCCCCC/C=C\C=C\C(=O)CCCCC. The van der Waals surface area contributed by atoms with Crippen LogP contribution in [-0.2, 0) is 42.3 Å². The molecule has 0 aliphatic heterocycles. The van der Waals surface area contributed by atoms with E-state index in [1.807, 2.05) is 24.3 Å². The van der Waals surface area contributed by atoms with Crippen molar-refractivity contribution in [1.82, 2.24) is 0 Å². The average molecular weight is 820 g/mol. The van der Waals surface area contributed by atoms with E-state index in [0.29, 0.717) is 25.7 Å². The first-order chi connectivity index (χ1) is 27.5. The van der Waals surface area contributed by atoms with Crippen LogP contribution in [0.4, 0.5) is 0 Å². The highest BCUT2D eigenvalue weighted by molar-refractivity contribution is 7.47. The molecule has 0 aromatic carbocycles. The van der Waals surface area contributed by atoms with Gasteiger partial charge in [-0.1, -0.05) is 125 Å². The number of phosphoric ester groups is 1. The number of ether oxygens (including phenoxy) is 2. The molecule has 0 radical (unpaired) electrons. The topological polar surface area (TPSA) is 189 Å². The first-order valence-electron chi connectivity index (χ1n) is 20.6. The van der Waals surface area contributed by atoms with Crippen molar-refractivity contribution in [2.45, 2.75) is 148 Å². The summed E-state index contributed by atoms with van der Waals surface area (Å²) < 4.78 is 32.5. The van der Waals surface area contributed by atoms with Crippen LogP contribution in [0.3, 0.4) is 0 Å². The standard InChI is InChI=1S/C44H70NO11P/c1-3-5-7-8-9-10-11-12-13-14-15-16-17-20-23-26-30-34-42(47)53-36-40(37-54-57(51,52)55-38-41(45)44(49)50)56-43(48)35-31-27-24-21-18-19-22-25-29-33-39(46)32-28-6-4-2/h5,7,9-10,12-13,15-16,20,22-23,25,29,33,40-41H,3-4,6,8,11,14,17-19,21,24,26-28,30-32,34-38,45H2,1-2H3,(H,49,50)(H,51,52)/b7-5-,10-9-,13-12-,16-15-,23-20-,25-22-,33-29+/t40-,41+/m1/s1. The molecule has 57 heavy (non-hydrogen) atoms. The molecule has 12 nitrogen and oxygen atoms in total. The summed E-state index contributed by atoms with van der Waals surface area (Å²) in [7, 11) is -4.75. The normalized spacial score (nSPS) is 14.5. The van der Waals surface area contributed by atoms with Gasteiger partial charge in [-0.15, -0.1) is 0 Å². The molecule has 0 saturated carbocycles. The van der Waals surface area contributed by atoms with Crippen LogP contribution >= 0.6 is 7.82 Å². The predicted molar refractivity (Wildman–Crippen MR) is 226 cm³/mol. The molecule has 0 aliphatic rings. The van der Waals surface area contributed by atoms with Crippen molar-refractivity contribution in [3.05, 3.63) is 85.1 Å². The zero-order valence-electron chi connectivity index (χ0n) is 34.4. The second kappa shape index (κ2) is 37.9. The number of hydrogen-bond donors (Lipinski definition) is 3. The van der Waals surface area contributed by atoms with E-state index in [-0.39, 0.29) is 18.6 Å². The number of unbranched alkanes of at least 4 members (excludes halogenated alkanes) is 8. The van der Waals surface area contributed by atoms with E-state index in [0.717, 1.165) is 83.5 Å². The summed E-state index contributed by atoms with van der Waals surface area (Å²) in [5.41, 5.74) is 5.31. The second-order valence-electron chi connectivity index (χ2n) is 13.4. The second-order valence-corrected chi connectivity index (χ2v) is 14.9. The highest BCUT2D eigenvalue weighted by Gasteiger charge is 2.28. The lowest BCUT2D eigenvalue weighted by molar-refractivity contribution is -0.161. The van der Waals surface area contributed by atoms with Gasteiger partial charge in [0.2, 0.25) is 0 Å². The van der Waals surface area contributed by atoms with Crippen LogP contribution in [0, 0.1) is 0 Å². The number of esters is 2. The summed E-state index contributed by atoms with van der Waals surface area (Å²) in [6.45, 7) is 2.40. The average Bonchev–Trinajstić information content (AvgIpc) is 3.18. The predicted octanol–water partition coefficient (Wildman–Crippen LogP) is 9.90. The van der Waals surface area contributed by atoms with Crippen LogP contribution in [0.2, 0.25) is 0 Å². The van der Waals surface area contributed by atoms with Crippen LogP contribution in [-0.4, -0.2) is 65.7 Å². The summed E-state index contributed by atoms with van der Waals surface area (Å²) in [6, 6.07) is -1.55. The zero-order valence-corrected chi connectivity index (χ0v) is 35.3. The minimum atomic E-state index is -4.75. The molecule has 0 bridgehead atoms. The maximum absolute atomic E-state index is 12.6. The van der Waals surface area contributed by atoms with Crippen LogP contribution < -0.4 is 5.73 Å². The third kappa shape index (κ3) is 37.7. The molecular weight excluding hydrogens is 749 g/mol. The molecule has 3 atom stereocenters. The molecule has 0 heterocycles. The van der Waals surface area contributed by atoms with Gasteiger partial charge < -0.3 is 25.2 Å². The number of rotatable bonds is 37. The summed E-state index contributed by atoms with van der Waals surface area (Å²) in [5.74, 6) is -2.39. The van der Waals surface area contributed by atoms with Crippen molar-refractivity contribution in [1.29, 1.82) is 0 Å². The Labute approximate surface area is 341 Å². The van der Waals surface area contributed by atoms with Gasteiger partial charge in [-0.2, -0.15) is 0 Å². The van der Waals surface area contributed by atoms with Crippen molar-refractivity contribution in [2.24, 2.45) is 5.73 Å². The number of ketones is 1. The fourth-order valence-electron chi connectivity index (χ4n) is 4.84. The third-order valence-corrected chi connectivity index (χ3v) is 9.05. The van der Waals surface area contributed by atoms with E-state index >= 15 is 0 Å². The van der Waals surface area contributed by atoms with Gasteiger partial charge in [0.25, 0.3) is 0 Å². The Kier molecular flexibility index (Phi) is 35.4. The van der Waals surface area contributed by atoms with Gasteiger partial charge in [-0.25, -0.2) is 4.57 Å². The maximum atomic E-state index is 12.6. The molecule has 0 fully saturated rings. The number of carbonyl (C=O) groups is 4. The largest absolute Gasteiger partial charge is 0.480 e. The van der Waals surface area contributed by atoms with Gasteiger partial charge in [0.05, 0.1) is 13.2 Å². The molecule has 0 saturated heterocycles. The summed E-state index contributed by atoms with van der Waals surface area (Å²) in [6.07, 6.45) is 42.1. The Hall–Kier alpha value is -3.67. The fraction of sp³-hybridized carbons (Fsp3) is 0.591. The van der Waals surface area contributed by atoms with Crippen LogP contribution in [0.1, 0.15) is 136 Å². The number of nitrogens with two attached hydrogens (primary N) is 1. The molecule has 4 N–H and O–H groups in total. The van der Waals surface area contributed by atoms with Gasteiger partial charge in [-0.3, -0.25) is 28.2 Å². The van der Waals surface area contributed by atoms with Crippen LogP contribution in [0.25, 0.3) is 0 Å². The molecule has 1 unspecified atom stereocenters. The molecule has 0 aliphatic carbocycles. The van der Waals surface area contributed by atoms with Gasteiger partial charge in [0.15, 0.2) is 11.9 Å². The van der Waals surface area contributed by atoms with Crippen molar-refractivity contribution in [2.75, 3.05) is 19.8 Å². The monoisotopic (exact) mass is 819 g/mol. The van der Waals surface area contributed by atoms with E-state index in [4.69, 9.17) is 24.8 Å². The van der Waals surface area contributed by atoms with E-state index in [1.165, 1.54) is 0 Å². The van der Waals surface area contributed by atoms with E-state index < -0.39 is 57.7 Å². The number of carbonyl (C=O) groups excluding carboxylic acids is 3. The lowest BCUT2D eigenvalue weighted by Crippen LogP contribution is -2.34. The summed E-state index contributed by atoms with van der Waals surface area (Å²) >= 11 is 0. The highest BCUT2D eigenvalue weighted by atomic mass is 31.2. The van der Waals surface area contributed by atoms with Crippen molar-refractivity contribution < 1.29 is 52.3 Å². The van der Waals surface area contributed by atoms with Gasteiger partial charge in [0, 0.05) is 19.3 Å². The number of carboxylic acids is 1. The Morgan fingerprint density at radius 3 is 1.79 bits per heavy atom. The number of hydrogen-bond acceptors (Lipinski definition) is 10. The number of aliphatic carboxylic acids is 1. The minimum Gasteiger partial charge on any atom is -0.480 e. The Bertz CT molecular complexity index is 1350. The molecule has 0 spiro atoms. The molecule has 13 heteroatoms. The quantitative estimate of drug-likeness (QED) is 0.0135. The first-order valence-corrected chi connectivity index (χ1v) is 22.1. The van der Waals surface area contributed by atoms with Crippen molar-refractivity contribution >= 4 is 31.5 Å². The first kappa shape index (κ1) is 53.3. The smallest absolute Gasteiger partial charge is 0.472 e. The van der Waals surface area contributed by atoms with Gasteiger partial charge >= 0.3 is 25.7 Å². The van der Waals surface area contributed by atoms with E-state index in [9.17, 15) is 28.6 Å². The van der Waals surface area contributed by atoms with Crippen LogP contribution in [0.5, 0.6) is 0 Å². The Balaban J connectivity index is 4.58. The van der Waals surface area contributed by atoms with Crippen molar-refractivity contribution in [3.63, 3.8) is 0 Å². The molecule has 0 aromatic rings. The Morgan fingerprint density at radius 2 is 1.16 bits per heavy atom. The van der Waals surface area contributed by atoms with Gasteiger partial charge in [-0.05, 0) is 76.7 Å². The molecule has 0 amide bonds. The maximum Gasteiger partial charge on any atom is 0.472 e. The van der Waals surface area contributed by atoms with Crippen LogP contribution in [0.15, 0.2) is 85.1 Å². The van der Waals surface area contributed by atoms with E-state index in [1.54, 1.807) is 12.2 Å². The lowest BCUT2D eigenvalue weighted by atomic mass is 10.1. The fourth-order valence-corrected chi connectivity index (χ4v) is 5.62. The number of carboxylic acid groups (broad SMARTS) is 1. The minimum absolute atomic E-state index is 0.0927.